The minimum atomic E-state index is -1.82. The van der Waals surface area contributed by atoms with Crippen LogP contribution in [0.1, 0.15) is 12.8 Å². The Kier molecular flexibility index (Phi) is 3.42. The summed E-state index contributed by atoms with van der Waals surface area (Å²) in [7, 11) is 0. The van der Waals surface area contributed by atoms with E-state index >= 15 is 0 Å². The van der Waals surface area contributed by atoms with E-state index in [2.05, 4.69) is 0 Å². The zero-order valence-corrected chi connectivity index (χ0v) is 7.02. The summed E-state index contributed by atoms with van der Waals surface area (Å²) in [4.78, 5) is 1.68. The van der Waals surface area contributed by atoms with E-state index in [4.69, 9.17) is 4.55 Å². The molecule has 0 radical (unpaired) electrons. The van der Waals surface area contributed by atoms with Crippen molar-refractivity contribution in [1.82, 2.24) is 4.90 Å². The van der Waals surface area contributed by atoms with E-state index in [9.17, 15) is 8.60 Å². The Labute approximate surface area is 67.9 Å². The van der Waals surface area contributed by atoms with Gasteiger partial charge in [0, 0.05) is 6.54 Å². The molecule has 66 valence electrons. The summed E-state index contributed by atoms with van der Waals surface area (Å²) < 4.78 is 31.5. The van der Waals surface area contributed by atoms with Crippen molar-refractivity contribution in [2.75, 3.05) is 19.0 Å². The highest BCUT2D eigenvalue weighted by Gasteiger charge is 2.19. The zero-order valence-electron chi connectivity index (χ0n) is 6.20. The van der Waals surface area contributed by atoms with Gasteiger partial charge in [0.15, 0.2) is 11.1 Å². The van der Waals surface area contributed by atoms with Crippen LogP contribution in [0.5, 0.6) is 0 Å². The van der Waals surface area contributed by atoms with Crippen molar-refractivity contribution in [3.05, 3.63) is 0 Å². The predicted molar refractivity (Wildman–Crippen MR) is 41.3 cm³/mol. The van der Waals surface area contributed by atoms with E-state index in [0.717, 1.165) is 13.0 Å². The Morgan fingerprint density at radius 1 is 1.73 bits per heavy atom. The van der Waals surface area contributed by atoms with Crippen LogP contribution in [0.3, 0.4) is 0 Å². The molecule has 0 aliphatic carbocycles. The van der Waals surface area contributed by atoms with Gasteiger partial charge in [-0.3, -0.25) is 4.90 Å². The second-order valence-electron chi connectivity index (χ2n) is 2.77. The van der Waals surface area contributed by atoms with Crippen molar-refractivity contribution in [2.24, 2.45) is 0 Å². The topological polar surface area (TPSA) is 40.5 Å². The normalized spacial score (nSPS) is 30.2. The molecule has 2 unspecified atom stereocenters. The number of halogens is 1. The van der Waals surface area contributed by atoms with E-state index in [1.165, 1.54) is 0 Å². The highest BCUT2D eigenvalue weighted by molar-refractivity contribution is 7.79. The number of likely N-dealkylation sites (tertiary alicyclic amines) is 1. The molecule has 1 fully saturated rings. The second kappa shape index (κ2) is 4.13. The number of rotatable bonds is 2. The summed E-state index contributed by atoms with van der Waals surface area (Å²) in [5.74, 6) is 0.0837. The van der Waals surface area contributed by atoms with Crippen LogP contribution in [-0.2, 0) is 11.1 Å². The molecule has 3 nitrogen and oxygen atoms in total. The Balaban J connectivity index is 2.28. The maximum absolute atomic E-state index is 12.7. The molecule has 1 rings (SSSR count). The van der Waals surface area contributed by atoms with Gasteiger partial charge in [0.1, 0.15) is 12.0 Å². The van der Waals surface area contributed by atoms with Crippen LogP contribution >= 0.6 is 0 Å². The first-order valence-corrected chi connectivity index (χ1v) is 4.90. The molecule has 0 aromatic rings. The number of piperidine rings is 1. The number of hydrogen-bond donors (Lipinski definition) is 1. The average molecular weight is 181 g/mol. The van der Waals surface area contributed by atoms with Gasteiger partial charge in [-0.1, -0.05) is 0 Å². The fourth-order valence-corrected chi connectivity index (χ4v) is 1.82. The molecule has 1 N–H and O–H groups in total. The largest absolute Gasteiger partial charge is 0.305 e. The van der Waals surface area contributed by atoms with E-state index in [-0.39, 0.29) is 5.88 Å². The first-order chi connectivity index (χ1) is 5.18. The van der Waals surface area contributed by atoms with Gasteiger partial charge in [0.2, 0.25) is 0 Å². The summed E-state index contributed by atoms with van der Waals surface area (Å²) in [6.07, 6.45) is 0.569. The van der Waals surface area contributed by atoms with Crippen molar-refractivity contribution in [1.29, 1.82) is 0 Å². The summed E-state index contributed by atoms with van der Waals surface area (Å²) in [5, 5.41) is 0. The molecule has 2 atom stereocenters. The molecule has 0 bridgehead atoms. The third-order valence-corrected chi connectivity index (χ3v) is 2.33. The van der Waals surface area contributed by atoms with Gasteiger partial charge in [0.25, 0.3) is 0 Å². The quantitative estimate of drug-likeness (QED) is 0.634. The van der Waals surface area contributed by atoms with Gasteiger partial charge in [-0.25, -0.2) is 8.60 Å². The van der Waals surface area contributed by atoms with Gasteiger partial charge in [0.05, 0.1) is 0 Å². The van der Waals surface area contributed by atoms with Crippen molar-refractivity contribution < 1.29 is 13.2 Å². The highest BCUT2D eigenvalue weighted by Crippen LogP contribution is 2.12. The Morgan fingerprint density at radius 2 is 2.45 bits per heavy atom. The molecule has 0 amide bonds. The van der Waals surface area contributed by atoms with Crippen LogP contribution < -0.4 is 0 Å². The predicted octanol–water partition coefficient (Wildman–Crippen LogP) is 0.600. The molecular weight excluding hydrogens is 169 g/mol. The Morgan fingerprint density at radius 3 is 3.00 bits per heavy atom. The van der Waals surface area contributed by atoms with Gasteiger partial charge >= 0.3 is 0 Å². The maximum Gasteiger partial charge on any atom is 0.167 e. The standard InChI is InChI=1S/C6H12FNO2S/c7-6-2-1-3-8(4-6)5-11(9)10/h6H,1-5H2,(H,9,10). The maximum atomic E-state index is 12.7. The highest BCUT2D eigenvalue weighted by atomic mass is 32.2. The van der Waals surface area contributed by atoms with Crippen LogP contribution in [0.25, 0.3) is 0 Å². The van der Waals surface area contributed by atoms with Gasteiger partial charge in [-0.15, -0.1) is 0 Å². The summed E-state index contributed by atoms with van der Waals surface area (Å²) in [6, 6.07) is 0. The van der Waals surface area contributed by atoms with Crippen molar-refractivity contribution >= 4 is 11.1 Å². The average Bonchev–Trinajstić information content (AvgIpc) is 1.85. The molecule has 0 aromatic carbocycles. The second-order valence-corrected chi connectivity index (χ2v) is 3.67. The monoisotopic (exact) mass is 181 g/mol. The lowest BCUT2D eigenvalue weighted by atomic mass is 10.1. The minimum absolute atomic E-state index is 0.0837. The van der Waals surface area contributed by atoms with Crippen LogP contribution in [-0.4, -0.2) is 38.8 Å². The van der Waals surface area contributed by atoms with Crippen LogP contribution in [0.15, 0.2) is 0 Å². The van der Waals surface area contributed by atoms with Gasteiger partial charge in [-0.05, 0) is 19.4 Å². The minimum Gasteiger partial charge on any atom is -0.305 e. The molecule has 0 spiro atoms. The van der Waals surface area contributed by atoms with E-state index in [0.29, 0.717) is 13.0 Å². The van der Waals surface area contributed by atoms with E-state index in [1.807, 2.05) is 0 Å². The molecule has 11 heavy (non-hydrogen) atoms. The third kappa shape index (κ3) is 3.27. The summed E-state index contributed by atoms with van der Waals surface area (Å²) >= 11 is -1.82. The Bertz CT molecular complexity index is 156. The molecular formula is C6H12FNO2S. The smallest absolute Gasteiger partial charge is 0.167 e. The summed E-state index contributed by atoms with van der Waals surface area (Å²) in [6.45, 7) is 1.05. The van der Waals surface area contributed by atoms with E-state index in [1.54, 1.807) is 4.90 Å². The molecule has 0 saturated carbocycles. The van der Waals surface area contributed by atoms with E-state index < -0.39 is 17.3 Å². The van der Waals surface area contributed by atoms with Crippen molar-refractivity contribution in [2.45, 2.75) is 19.0 Å². The number of alkyl halides is 1. The molecule has 1 aliphatic rings. The third-order valence-electron chi connectivity index (χ3n) is 1.74. The Hall–Kier alpha value is -0.0000000000000000555. The van der Waals surface area contributed by atoms with Crippen molar-refractivity contribution in [3.63, 3.8) is 0 Å². The lowest BCUT2D eigenvalue weighted by Crippen LogP contribution is -2.38. The fraction of sp³-hybridized carbons (Fsp3) is 1.00. The summed E-state index contributed by atoms with van der Waals surface area (Å²) in [5.41, 5.74) is 0. The first-order valence-electron chi connectivity index (χ1n) is 3.62. The van der Waals surface area contributed by atoms with Gasteiger partial charge in [-0.2, -0.15) is 0 Å². The first kappa shape index (κ1) is 9.09. The molecule has 1 heterocycles. The van der Waals surface area contributed by atoms with Crippen molar-refractivity contribution in [3.8, 4) is 0 Å². The van der Waals surface area contributed by atoms with Crippen LogP contribution in [0.4, 0.5) is 4.39 Å². The number of hydrogen-bond acceptors (Lipinski definition) is 2. The zero-order chi connectivity index (χ0) is 8.27. The number of nitrogens with zero attached hydrogens (tertiary/aromatic N) is 1. The molecule has 1 aliphatic heterocycles. The molecule has 5 heteroatoms. The van der Waals surface area contributed by atoms with Crippen LogP contribution in [0.2, 0.25) is 0 Å². The molecule has 0 aromatic heterocycles. The lowest BCUT2D eigenvalue weighted by molar-refractivity contribution is 0.155. The molecule has 1 saturated heterocycles. The van der Waals surface area contributed by atoms with Crippen LogP contribution in [0, 0.1) is 0 Å². The lowest BCUT2D eigenvalue weighted by Gasteiger charge is -2.27. The van der Waals surface area contributed by atoms with Gasteiger partial charge < -0.3 is 4.55 Å². The fourth-order valence-electron chi connectivity index (χ4n) is 1.27. The SMILES string of the molecule is O=S(O)CN1CCCC(F)C1.